The summed E-state index contributed by atoms with van der Waals surface area (Å²) in [5, 5.41) is 9.34. The van der Waals surface area contributed by atoms with Crippen molar-refractivity contribution >= 4 is 5.69 Å². The lowest BCUT2D eigenvalue weighted by molar-refractivity contribution is -0.178. The number of aryl methyl sites for hydroxylation is 1. The molecule has 0 bridgehead atoms. The van der Waals surface area contributed by atoms with E-state index in [1.165, 1.54) is 0 Å². The van der Waals surface area contributed by atoms with Gasteiger partial charge in [0.05, 0.1) is 24.5 Å². The Balaban J connectivity index is 1.75. The van der Waals surface area contributed by atoms with E-state index in [4.69, 9.17) is 9.47 Å². The number of para-hydroxylation sites is 1. The molecule has 2 fully saturated rings. The van der Waals surface area contributed by atoms with E-state index in [1.54, 1.807) is 0 Å². The summed E-state index contributed by atoms with van der Waals surface area (Å²) in [6, 6.07) is 8.67. The van der Waals surface area contributed by atoms with Crippen molar-refractivity contribution in [2.75, 3.05) is 25.2 Å². The van der Waals surface area contributed by atoms with Crippen molar-refractivity contribution < 1.29 is 9.47 Å². The van der Waals surface area contributed by atoms with Gasteiger partial charge in [-0.05, 0) is 31.4 Å². The van der Waals surface area contributed by atoms with Crippen molar-refractivity contribution in [1.29, 1.82) is 5.26 Å². The Morgan fingerprint density at radius 3 is 2.52 bits per heavy atom. The summed E-state index contributed by atoms with van der Waals surface area (Å²) in [7, 11) is 2.10. The van der Waals surface area contributed by atoms with Crippen LogP contribution in [-0.4, -0.2) is 32.1 Å². The standard InChI is InChI=1S/C17H22N2O2/c1-13-4-3-5-14(12-18)16(13)19(2)15-6-8-17(9-7-15)20-10-11-21-17/h3-5,15H,6-11H2,1-2H3. The first-order valence-corrected chi connectivity index (χ1v) is 7.66. The van der Waals surface area contributed by atoms with Gasteiger partial charge in [-0.25, -0.2) is 0 Å². The maximum atomic E-state index is 9.34. The third-order valence-corrected chi connectivity index (χ3v) is 4.79. The van der Waals surface area contributed by atoms with E-state index in [1.807, 2.05) is 12.1 Å². The highest BCUT2D eigenvalue weighted by Gasteiger charge is 2.41. The second-order valence-corrected chi connectivity index (χ2v) is 6.03. The van der Waals surface area contributed by atoms with E-state index < -0.39 is 0 Å². The van der Waals surface area contributed by atoms with E-state index in [2.05, 4.69) is 31.0 Å². The van der Waals surface area contributed by atoms with E-state index in [-0.39, 0.29) is 5.79 Å². The molecule has 4 nitrogen and oxygen atoms in total. The molecular weight excluding hydrogens is 264 g/mol. The predicted octanol–water partition coefficient (Wildman–Crippen LogP) is 2.99. The van der Waals surface area contributed by atoms with Gasteiger partial charge in [-0.1, -0.05) is 12.1 Å². The van der Waals surface area contributed by atoms with E-state index in [0.717, 1.165) is 55.7 Å². The SMILES string of the molecule is Cc1cccc(C#N)c1N(C)C1CCC2(CC1)OCCO2. The minimum atomic E-state index is -0.318. The highest BCUT2D eigenvalue weighted by atomic mass is 16.7. The minimum absolute atomic E-state index is 0.318. The molecule has 0 N–H and O–H groups in total. The number of hydrogen-bond donors (Lipinski definition) is 0. The van der Waals surface area contributed by atoms with Crippen LogP contribution < -0.4 is 4.90 Å². The average Bonchev–Trinajstić information content (AvgIpc) is 2.95. The second kappa shape index (κ2) is 5.67. The molecule has 0 aromatic heterocycles. The number of hydrogen-bond acceptors (Lipinski definition) is 4. The van der Waals surface area contributed by atoms with Gasteiger partial charge in [0, 0.05) is 25.9 Å². The van der Waals surface area contributed by atoms with Gasteiger partial charge in [-0.15, -0.1) is 0 Å². The van der Waals surface area contributed by atoms with Crippen LogP contribution >= 0.6 is 0 Å². The van der Waals surface area contributed by atoms with Crippen molar-refractivity contribution in [3.63, 3.8) is 0 Å². The molecule has 0 unspecified atom stereocenters. The molecule has 1 saturated carbocycles. The highest BCUT2D eigenvalue weighted by Crippen LogP contribution is 2.39. The molecule has 1 aliphatic carbocycles. The van der Waals surface area contributed by atoms with Crippen LogP contribution in [0.25, 0.3) is 0 Å². The highest BCUT2D eigenvalue weighted by molar-refractivity contribution is 5.64. The fraction of sp³-hybridized carbons (Fsp3) is 0.588. The lowest BCUT2D eigenvalue weighted by Crippen LogP contribution is -2.43. The van der Waals surface area contributed by atoms with Crippen LogP contribution in [-0.2, 0) is 9.47 Å². The van der Waals surface area contributed by atoms with Crippen LogP contribution in [0, 0.1) is 18.3 Å². The molecule has 0 atom stereocenters. The molecule has 1 aliphatic heterocycles. The molecule has 2 aliphatic rings. The molecule has 1 aromatic carbocycles. The van der Waals surface area contributed by atoms with Crippen LogP contribution in [0.5, 0.6) is 0 Å². The monoisotopic (exact) mass is 286 g/mol. The third kappa shape index (κ3) is 2.64. The van der Waals surface area contributed by atoms with Crippen molar-refractivity contribution in [3.05, 3.63) is 29.3 Å². The van der Waals surface area contributed by atoms with Gasteiger partial charge >= 0.3 is 0 Å². The summed E-state index contributed by atoms with van der Waals surface area (Å²) in [6.45, 7) is 3.51. The summed E-state index contributed by atoms with van der Waals surface area (Å²) in [5.74, 6) is -0.318. The van der Waals surface area contributed by atoms with Gasteiger partial charge in [-0.3, -0.25) is 0 Å². The van der Waals surface area contributed by atoms with Crippen LogP contribution in [0.15, 0.2) is 18.2 Å². The zero-order valence-electron chi connectivity index (χ0n) is 12.8. The molecule has 0 radical (unpaired) electrons. The van der Waals surface area contributed by atoms with Crippen LogP contribution in [0.4, 0.5) is 5.69 Å². The largest absolute Gasteiger partial charge is 0.370 e. The van der Waals surface area contributed by atoms with Gasteiger partial charge < -0.3 is 14.4 Å². The summed E-state index contributed by atoms with van der Waals surface area (Å²) in [4.78, 5) is 2.27. The zero-order valence-corrected chi connectivity index (χ0v) is 12.8. The number of anilines is 1. The molecule has 1 saturated heterocycles. The van der Waals surface area contributed by atoms with Gasteiger partial charge in [0.1, 0.15) is 6.07 Å². The molecular formula is C17H22N2O2. The Kier molecular flexibility index (Phi) is 3.88. The molecule has 3 rings (SSSR count). The van der Waals surface area contributed by atoms with Crippen molar-refractivity contribution in [1.82, 2.24) is 0 Å². The summed E-state index contributed by atoms with van der Waals surface area (Å²) in [6.07, 6.45) is 3.96. The lowest BCUT2D eigenvalue weighted by Gasteiger charge is -2.40. The van der Waals surface area contributed by atoms with Crippen molar-refractivity contribution in [3.8, 4) is 6.07 Å². The Morgan fingerprint density at radius 2 is 1.90 bits per heavy atom. The smallest absolute Gasteiger partial charge is 0.168 e. The summed E-state index contributed by atoms with van der Waals surface area (Å²) < 4.78 is 11.6. The first kappa shape index (κ1) is 14.4. The fourth-order valence-electron chi connectivity index (χ4n) is 3.62. The summed E-state index contributed by atoms with van der Waals surface area (Å²) in [5.41, 5.74) is 2.98. The molecule has 0 amide bonds. The molecule has 21 heavy (non-hydrogen) atoms. The van der Waals surface area contributed by atoms with Crippen molar-refractivity contribution in [2.45, 2.75) is 44.4 Å². The Labute approximate surface area is 126 Å². The number of ether oxygens (including phenoxy) is 2. The van der Waals surface area contributed by atoms with E-state index in [0.29, 0.717) is 6.04 Å². The van der Waals surface area contributed by atoms with E-state index in [9.17, 15) is 5.26 Å². The molecule has 1 aromatic rings. The zero-order chi connectivity index (χ0) is 14.9. The number of benzene rings is 1. The second-order valence-electron chi connectivity index (χ2n) is 6.03. The topological polar surface area (TPSA) is 45.5 Å². The first-order valence-electron chi connectivity index (χ1n) is 7.66. The lowest BCUT2D eigenvalue weighted by atomic mass is 9.88. The van der Waals surface area contributed by atoms with Crippen LogP contribution in [0.1, 0.15) is 36.8 Å². The average molecular weight is 286 g/mol. The molecule has 1 heterocycles. The maximum Gasteiger partial charge on any atom is 0.168 e. The number of nitriles is 1. The van der Waals surface area contributed by atoms with Crippen molar-refractivity contribution in [2.24, 2.45) is 0 Å². The van der Waals surface area contributed by atoms with Gasteiger partial charge in [0.15, 0.2) is 5.79 Å². The molecule has 4 heteroatoms. The minimum Gasteiger partial charge on any atom is -0.370 e. The maximum absolute atomic E-state index is 9.34. The Bertz CT molecular complexity index is 548. The van der Waals surface area contributed by atoms with E-state index >= 15 is 0 Å². The van der Waals surface area contributed by atoms with Gasteiger partial charge in [-0.2, -0.15) is 5.26 Å². The number of rotatable bonds is 2. The Hall–Kier alpha value is -1.57. The fourth-order valence-corrected chi connectivity index (χ4v) is 3.62. The van der Waals surface area contributed by atoms with Gasteiger partial charge in [0.25, 0.3) is 0 Å². The first-order chi connectivity index (χ1) is 10.2. The summed E-state index contributed by atoms with van der Waals surface area (Å²) >= 11 is 0. The third-order valence-electron chi connectivity index (χ3n) is 4.79. The molecule has 1 spiro atoms. The normalized spacial score (nSPS) is 21.4. The predicted molar refractivity (Wildman–Crippen MR) is 81.2 cm³/mol. The van der Waals surface area contributed by atoms with Gasteiger partial charge in [0.2, 0.25) is 0 Å². The van der Waals surface area contributed by atoms with Crippen LogP contribution in [0.3, 0.4) is 0 Å². The molecule has 112 valence electrons. The van der Waals surface area contributed by atoms with Crippen LogP contribution in [0.2, 0.25) is 0 Å². The number of nitrogens with zero attached hydrogens (tertiary/aromatic N) is 2. The Morgan fingerprint density at radius 1 is 1.24 bits per heavy atom. The quantitative estimate of drug-likeness (QED) is 0.838.